The second-order valence-electron chi connectivity index (χ2n) is 5.77. The van der Waals surface area contributed by atoms with Gasteiger partial charge in [-0.25, -0.2) is 0 Å². The van der Waals surface area contributed by atoms with Gasteiger partial charge in [-0.3, -0.25) is 4.79 Å². The number of carbonyl (C=O) groups is 1. The molecule has 2 aromatic carbocycles. The van der Waals surface area contributed by atoms with E-state index in [0.717, 1.165) is 22.3 Å². The van der Waals surface area contributed by atoms with E-state index in [1.807, 2.05) is 42.5 Å². The van der Waals surface area contributed by atoms with E-state index in [9.17, 15) is 4.79 Å². The lowest BCUT2D eigenvalue weighted by atomic mass is 9.98. The Bertz CT molecular complexity index is 859. The predicted octanol–water partition coefficient (Wildman–Crippen LogP) is 2.95. The van der Waals surface area contributed by atoms with Crippen LogP contribution in [0.5, 0.6) is 0 Å². The Morgan fingerprint density at radius 2 is 1.85 bits per heavy atom. The SMILES string of the molecule is O=C1CSC(=NN=Cc2ccc(-c3ccccc3C3OCCO3)cc2)N1. The number of benzene rings is 2. The predicted molar refractivity (Wildman–Crippen MR) is 102 cm³/mol. The number of nitrogens with one attached hydrogen (secondary N) is 1. The third-order valence-electron chi connectivity index (χ3n) is 4.00. The molecule has 2 heterocycles. The monoisotopic (exact) mass is 367 g/mol. The topological polar surface area (TPSA) is 72.3 Å². The Labute approximate surface area is 155 Å². The van der Waals surface area contributed by atoms with Crippen LogP contribution in [0.2, 0.25) is 0 Å². The quantitative estimate of drug-likeness (QED) is 0.666. The molecule has 2 saturated heterocycles. The minimum absolute atomic E-state index is 0.0396. The van der Waals surface area contributed by atoms with Crippen molar-refractivity contribution in [2.75, 3.05) is 19.0 Å². The Morgan fingerprint density at radius 3 is 2.58 bits per heavy atom. The standard InChI is InChI=1S/C19H17N3O3S/c23-17-12-26-19(21-17)22-20-11-13-5-7-14(8-6-13)15-3-1-2-4-16(15)18-24-9-10-25-18/h1-8,11,18H,9-10,12H2,(H,21,22,23). The van der Waals surface area contributed by atoms with Gasteiger partial charge in [0.25, 0.3) is 0 Å². The number of thioether (sulfide) groups is 1. The number of amides is 1. The second-order valence-corrected chi connectivity index (χ2v) is 6.73. The average Bonchev–Trinajstić information content (AvgIpc) is 3.34. The Balaban J connectivity index is 1.51. The first-order valence-electron chi connectivity index (χ1n) is 8.26. The normalized spacial score (nSPS) is 19.5. The highest BCUT2D eigenvalue weighted by molar-refractivity contribution is 8.15. The van der Waals surface area contributed by atoms with Gasteiger partial charge in [0.05, 0.1) is 25.2 Å². The minimum atomic E-state index is -0.303. The smallest absolute Gasteiger partial charge is 0.236 e. The second kappa shape index (κ2) is 7.82. The molecule has 1 amide bonds. The molecule has 4 rings (SSSR count). The molecule has 0 atom stereocenters. The van der Waals surface area contributed by atoms with E-state index in [1.54, 1.807) is 6.21 Å². The van der Waals surface area contributed by atoms with Crippen LogP contribution in [0.3, 0.4) is 0 Å². The van der Waals surface area contributed by atoms with Crippen molar-refractivity contribution in [1.29, 1.82) is 0 Å². The maximum absolute atomic E-state index is 11.1. The Hall–Kier alpha value is -2.48. The van der Waals surface area contributed by atoms with Crippen molar-refractivity contribution in [2.24, 2.45) is 10.2 Å². The Morgan fingerprint density at radius 1 is 1.08 bits per heavy atom. The number of rotatable bonds is 4. The lowest BCUT2D eigenvalue weighted by molar-refractivity contribution is -0.116. The summed E-state index contributed by atoms with van der Waals surface area (Å²) in [5.74, 6) is 0.360. The molecule has 6 nitrogen and oxygen atoms in total. The summed E-state index contributed by atoms with van der Waals surface area (Å²) in [4.78, 5) is 11.1. The fourth-order valence-electron chi connectivity index (χ4n) is 2.78. The summed E-state index contributed by atoms with van der Waals surface area (Å²) in [6.07, 6.45) is 1.36. The Kier molecular flexibility index (Phi) is 5.10. The molecule has 0 radical (unpaired) electrons. The highest BCUT2D eigenvalue weighted by Crippen LogP contribution is 2.32. The van der Waals surface area contributed by atoms with Crippen molar-refractivity contribution in [3.8, 4) is 11.1 Å². The summed E-state index contributed by atoms with van der Waals surface area (Å²) in [5, 5.41) is 11.2. The van der Waals surface area contributed by atoms with Crippen LogP contribution in [0.15, 0.2) is 58.7 Å². The van der Waals surface area contributed by atoms with E-state index in [4.69, 9.17) is 9.47 Å². The van der Waals surface area contributed by atoms with Gasteiger partial charge < -0.3 is 14.8 Å². The van der Waals surface area contributed by atoms with Crippen LogP contribution in [-0.4, -0.2) is 36.3 Å². The van der Waals surface area contributed by atoms with Crippen LogP contribution >= 0.6 is 11.8 Å². The number of hydrogen-bond donors (Lipinski definition) is 1. The summed E-state index contributed by atoms with van der Waals surface area (Å²) in [6.45, 7) is 1.24. The number of amidine groups is 1. The van der Waals surface area contributed by atoms with Crippen molar-refractivity contribution in [2.45, 2.75) is 6.29 Å². The molecule has 0 unspecified atom stereocenters. The van der Waals surface area contributed by atoms with Crippen LogP contribution in [0, 0.1) is 0 Å². The van der Waals surface area contributed by atoms with E-state index in [1.165, 1.54) is 11.8 Å². The van der Waals surface area contributed by atoms with E-state index in [0.29, 0.717) is 24.1 Å². The fraction of sp³-hybridized carbons (Fsp3) is 0.211. The molecule has 2 aliphatic rings. The molecule has 1 N–H and O–H groups in total. The molecule has 0 aromatic heterocycles. The summed E-state index contributed by atoms with van der Waals surface area (Å²) in [5.41, 5.74) is 4.14. The molecule has 2 aromatic rings. The van der Waals surface area contributed by atoms with E-state index >= 15 is 0 Å². The number of ether oxygens (including phenoxy) is 2. The highest BCUT2D eigenvalue weighted by atomic mass is 32.2. The van der Waals surface area contributed by atoms with E-state index < -0.39 is 0 Å². The molecule has 7 heteroatoms. The van der Waals surface area contributed by atoms with Gasteiger partial charge in [-0.2, -0.15) is 5.10 Å². The molecule has 26 heavy (non-hydrogen) atoms. The lowest BCUT2D eigenvalue weighted by Crippen LogP contribution is -2.19. The van der Waals surface area contributed by atoms with Crippen LogP contribution in [0.25, 0.3) is 11.1 Å². The molecule has 0 saturated carbocycles. The van der Waals surface area contributed by atoms with Crippen molar-refractivity contribution in [3.05, 3.63) is 59.7 Å². The maximum Gasteiger partial charge on any atom is 0.236 e. The van der Waals surface area contributed by atoms with Crippen LogP contribution in [-0.2, 0) is 14.3 Å². The van der Waals surface area contributed by atoms with Crippen LogP contribution < -0.4 is 5.32 Å². The van der Waals surface area contributed by atoms with Crippen LogP contribution in [0.1, 0.15) is 17.4 Å². The van der Waals surface area contributed by atoms with Gasteiger partial charge in [0.2, 0.25) is 5.91 Å². The van der Waals surface area contributed by atoms with Gasteiger partial charge in [-0.05, 0) is 16.7 Å². The van der Waals surface area contributed by atoms with Crippen molar-refractivity contribution < 1.29 is 14.3 Å². The van der Waals surface area contributed by atoms with Crippen molar-refractivity contribution >= 4 is 29.1 Å². The molecular formula is C19H17N3O3S. The first-order valence-corrected chi connectivity index (χ1v) is 9.24. The number of carbonyl (C=O) groups excluding carboxylic acids is 1. The van der Waals surface area contributed by atoms with E-state index in [2.05, 4.69) is 21.6 Å². The first kappa shape index (κ1) is 17.0. The van der Waals surface area contributed by atoms with Gasteiger partial charge in [0, 0.05) is 5.56 Å². The van der Waals surface area contributed by atoms with Crippen LogP contribution in [0.4, 0.5) is 0 Å². The minimum Gasteiger partial charge on any atom is -0.346 e. The highest BCUT2D eigenvalue weighted by Gasteiger charge is 2.21. The van der Waals surface area contributed by atoms with Crippen molar-refractivity contribution in [3.63, 3.8) is 0 Å². The molecule has 0 aliphatic carbocycles. The van der Waals surface area contributed by atoms with Gasteiger partial charge >= 0.3 is 0 Å². The first-order chi connectivity index (χ1) is 12.8. The lowest BCUT2D eigenvalue weighted by Gasteiger charge is -2.14. The zero-order valence-corrected chi connectivity index (χ0v) is 14.7. The van der Waals surface area contributed by atoms with E-state index in [-0.39, 0.29) is 12.2 Å². The zero-order valence-electron chi connectivity index (χ0n) is 13.9. The largest absolute Gasteiger partial charge is 0.346 e. The molecular weight excluding hydrogens is 350 g/mol. The summed E-state index contributed by atoms with van der Waals surface area (Å²) in [7, 11) is 0. The third-order valence-corrected chi connectivity index (χ3v) is 4.86. The van der Waals surface area contributed by atoms with Crippen molar-refractivity contribution in [1.82, 2.24) is 5.32 Å². The molecule has 2 fully saturated rings. The van der Waals surface area contributed by atoms with Gasteiger partial charge in [-0.15, -0.1) is 5.10 Å². The van der Waals surface area contributed by atoms with Gasteiger partial charge in [0.15, 0.2) is 11.5 Å². The molecule has 2 aliphatic heterocycles. The molecule has 0 bridgehead atoms. The summed E-state index contributed by atoms with van der Waals surface area (Å²) < 4.78 is 11.3. The summed E-state index contributed by atoms with van der Waals surface area (Å²) >= 11 is 1.35. The average molecular weight is 367 g/mol. The molecule has 132 valence electrons. The number of nitrogens with zero attached hydrogens (tertiary/aromatic N) is 2. The summed E-state index contributed by atoms with van der Waals surface area (Å²) in [6, 6.07) is 16.1. The zero-order chi connectivity index (χ0) is 17.8. The maximum atomic E-state index is 11.1. The molecule has 0 spiro atoms. The van der Waals surface area contributed by atoms with Gasteiger partial charge in [0.1, 0.15) is 0 Å². The fourth-order valence-corrected chi connectivity index (χ4v) is 3.41. The third kappa shape index (κ3) is 3.85. The number of hydrogen-bond acceptors (Lipinski definition) is 6. The van der Waals surface area contributed by atoms with Gasteiger partial charge in [-0.1, -0.05) is 60.3 Å².